The smallest absolute Gasteiger partial charge is 0.350 e. The molecule has 2 heterocycles. The number of ketones is 1. The van der Waals surface area contributed by atoms with Crippen LogP contribution in [-0.2, 0) is 9.59 Å². The minimum absolute atomic E-state index is 0.0261. The van der Waals surface area contributed by atoms with Gasteiger partial charge in [0.25, 0.3) is 0 Å². The molecule has 1 aromatic rings. The normalized spacial score (nSPS) is 20.3. The highest BCUT2D eigenvalue weighted by Crippen LogP contribution is 2.21. The molecule has 4 rings (SSSR count). The van der Waals surface area contributed by atoms with E-state index in [2.05, 4.69) is 9.89 Å². The fraction of sp³-hybridized carbons (Fsp3) is 0.375. The van der Waals surface area contributed by atoms with Gasteiger partial charge in [0.1, 0.15) is 0 Å². The van der Waals surface area contributed by atoms with E-state index in [1.165, 1.54) is 0 Å². The van der Waals surface area contributed by atoms with Crippen LogP contribution in [0.4, 0.5) is 10.5 Å². The van der Waals surface area contributed by atoms with E-state index in [4.69, 9.17) is 0 Å². The van der Waals surface area contributed by atoms with Crippen LogP contribution >= 0.6 is 0 Å². The van der Waals surface area contributed by atoms with Crippen molar-refractivity contribution in [2.45, 2.75) is 19.8 Å². The molecule has 1 atom stereocenters. The average Bonchev–Trinajstić information content (AvgIpc) is 2.81. The van der Waals surface area contributed by atoms with Crippen molar-refractivity contribution in [1.82, 2.24) is 9.80 Å². The van der Waals surface area contributed by atoms with E-state index in [1.807, 2.05) is 29.2 Å². The number of allylic oxidation sites excluding steroid dienone is 3. The third kappa shape index (κ3) is 4.54. The Kier molecular flexibility index (Phi) is 6.30. The molecule has 166 valence electrons. The molecule has 1 unspecified atom stereocenters. The molecule has 1 aliphatic carbocycles. The Balaban J connectivity index is 1.24. The van der Waals surface area contributed by atoms with Gasteiger partial charge in [0, 0.05) is 50.4 Å². The largest absolute Gasteiger partial charge is 0.368 e. The van der Waals surface area contributed by atoms with Gasteiger partial charge in [0.15, 0.2) is 5.78 Å². The zero-order valence-electron chi connectivity index (χ0n) is 18.1. The van der Waals surface area contributed by atoms with Gasteiger partial charge in [-0.25, -0.2) is 4.79 Å². The first-order valence-corrected chi connectivity index (χ1v) is 10.9. The van der Waals surface area contributed by atoms with Crippen LogP contribution in [-0.4, -0.2) is 71.9 Å². The van der Waals surface area contributed by atoms with Gasteiger partial charge in [0.2, 0.25) is 11.8 Å². The topological polar surface area (TPSA) is 90.4 Å². The minimum Gasteiger partial charge on any atom is -0.368 e. The summed E-state index contributed by atoms with van der Waals surface area (Å²) in [4.78, 5) is 58.0. The first-order valence-electron chi connectivity index (χ1n) is 10.9. The molecule has 0 N–H and O–H groups in total. The number of Topliss-reactive ketones (excluding diaryl/α,β-unsaturated/α-hetero) is 1. The second-order valence-corrected chi connectivity index (χ2v) is 8.11. The number of hydrogen-bond acceptors (Lipinski definition) is 5. The van der Waals surface area contributed by atoms with E-state index in [-0.39, 0.29) is 30.6 Å². The van der Waals surface area contributed by atoms with Crippen LogP contribution in [0.15, 0.2) is 53.6 Å². The highest BCUT2D eigenvalue weighted by atomic mass is 16.2. The lowest BCUT2D eigenvalue weighted by Crippen LogP contribution is -2.49. The molecule has 8 heteroatoms. The van der Waals surface area contributed by atoms with Crippen LogP contribution in [0.1, 0.15) is 30.1 Å². The summed E-state index contributed by atoms with van der Waals surface area (Å²) in [6.45, 7) is 4.39. The number of amides is 4. The first-order chi connectivity index (χ1) is 15.4. The Morgan fingerprint density at radius 2 is 1.75 bits per heavy atom. The van der Waals surface area contributed by atoms with E-state index < -0.39 is 11.9 Å². The Morgan fingerprint density at radius 1 is 1.03 bits per heavy atom. The van der Waals surface area contributed by atoms with Crippen molar-refractivity contribution in [2.24, 2.45) is 10.9 Å². The van der Waals surface area contributed by atoms with Crippen LogP contribution in [0.25, 0.3) is 0 Å². The molecule has 8 nitrogen and oxygen atoms in total. The summed E-state index contributed by atoms with van der Waals surface area (Å²) in [6.07, 6.45) is 7.64. The van der Waals surface area contributed by atoms with Gasteiger partial charge in [-0.3, -0.25) is 19.3 Å². The summed E-state index contributed by atoms with van der Waals surface area (Å²) in [5.74, 6) is -0.721. The summed E-state index contributed by atoms with van der Waals surface area (Å²) in [7, 11) is 0. The molecule has 0 bridgehead atoms. The lowest BCUT2D eigenvalue weighted by atomic mass is 9.95. The Bertz CT molecular complexity index is 1020. The number of carbonyl (C=O) groups excluding carboxylic acids is 4. The van der Waals surface area contributed by atoms with Crippen molar-refractivity contribution in [2.75, 3.05) is 37.6 Å². The van der Waals surface area contributed by atoms with Gasteiger partial charge in [0.05, 0.1) is 11.6 Å². The lowest BCUT2D eigenvalue weighted by molar-refractivity contribution is -0.133. The van der Waals surface area contributed by atoms with Crippen LogP contribution in [0.3, 0.4) is 0 Å². The van der Waals surface area contributed by atoms with Gasteiger partial charge < -0.3 is 9.80 Å². The number of fused-ring (bicyclic) bond motifs is 1. The van der Waals surface area contributed by atoms with E-state index in [9.17, 15) is 19.2 Å². The summed E-state index contributed by atoms with van der Waals surface area (Å²) in [5, 5.41) is 0. The van der Waals surface area contributed by atoms with Crippen molar-refractivity contribution in [1.29, 1.82) is 0 Å². The van der Waals surface area contributed by atoms with Crippen molar-refractivity contribution in [3.8, 4) is 0 Å². The summed E-state index contributed by atoms with van der Waals surface area (Å²) in [6, 6.07) is 6.96. The number of piperazine rings is 1. The van der Waals surface area contributed by atoms with Gasteiger partial charge in [-0.15, -0.1) is 0 Å². The summed E-state index contributed by atoms with van der Waals surface area (Å²) in [5.41, 5.74) is 2.20. The zero-order valence-corrected chi connectivity index (χ0v) is 18.1. The van der Waals surface area contributed by atoms with Gasteiger partial charge >= 0.3 is 6.03 Å². The lowest BCUT2D eigenvalue weighted by Gasteiger charge is -2.36. The second-order valence-electron chi connectivity index (χ2n) is 8.11. The molecule has 1 saturated heterocycles. The molecule has 3 aliphatic rings. The number of rotatable bonds is 6. The molecule has 1 aromatic carbocycles. The third-order valence-electron chi connectivity index (χ3n) is 6.03. The number of carbonyl (C=O) groups is 4. The number of aliphatic imine (C=N–C) groups is 1. The highest BCUT2D eigenvalue weighted by molar-refractivity contribution is 6.21. The predicted molar refractivity (Wildman–Crippen MR) is 121 cm³/mol. The van der Waals surface area contributed by atoms with Crippen molar-refractivity contribution >= 4 is 35.0 Å². The van der Waals surface area contributed by atoms with Gasteiger partial charge in [-0.2, -0.15) is 4.99 Å². The number of urea groups is 1. The first kappa shape index (κ1) is 21.7. The maximum Gasteiger partial charge on any atom is 0.350 e. The maximum absolute atomic E-state index is 12.6. The number of hydrogen-bond donors (Lipinski definition) is 0. The number of imide groups is 1. The summed E-state index contributed by atoms with van der Waals surface area (Å²) < 4.78 is 0. The van der Waals surface area contributed by atoms with Crippen LogP contribution < -0.4 is 4.90 Å². The molecule has 0 radical (unpaired) electrons. The number of nitrogens with zero attached hydrogens (tertiary/aromatic N) is 4. The maximum atomic E-state index is 12.6. The highest BCUT2D eigenvalue weighted by Gasteiger charge is 2.35. The molecule has 0 aromatic heterocycles. The molecular formula is C24H26N4O4. The van der Waals surface area contributed by atoms with Crippen molar-refractivity contribution in [3.63, 3.8) is 0 Å². The van der Waals surface area contributed by atoms with Crippen LogP contribution in [0, 0.1) is 5.92 Å². The standard InChI is InChI=1S/C24H26N4O4/c1-17(29)18-8-10-19(11-9-18)26-13-15-27(16-14-26)22(30)7-4-12-28-23(31)20-5-2-3-6-21(20)25-24(28)32/h2-3,5-6,8-11,20H,4,7,12-16H2,1H3. The molecule has 0 spiro atoms. The Labute approximate surface area is 186 Å². The third-order valence-corrected chi connectivity index (χ3v) is 6.03. The number of benzene rings is 1. The second kappa shape index (κ2) is 9.30. The quantitative estimate of drug-likeness (QED) is 0.642. The predicted octanol–water partition coefficient (Wildman–Crippen LogP) is 2.46. The molecule has 2 aliphatic heterocycles. The fourth-order valence-electron chi connectivity index (χ4n) is 4.15. The van der Waals surface area contributed by atoms with Gasteiger partial charge in [-0.05, 0) is 43.7 Å². The SMILES string of the molecule is CC(=O)c1ccc(N2CCN(C(=O)CCCN3C(=O)N=C4C=CC=CC4C3=O)CC2)cc1. The van der Waals surface area contributed by atoms with Crippen molar-refractivity contribution in [3.05, 3.63) is 54.1 Å². The monoisotopic (exact) mass is 434 g/mol. The number of anilines is 1. The van der Waals surface area contributed by atoms with Gasteiger partial charge in [-0.1, -0.05) is 18.2 Å². The molecular weight excluding hydrogens is 408 g/mol. The van der Waals surface area contributed by atoms with E-state index in [0.717, 1.165) is 10.6 Å². The molecule has 4 amide bonds. The summed E-state index contributed by atoms with van der Waals surface area (Å²) >= 11 is 0. The van der Waals surface area contributed by atoms with Crippen molar-refractivity contribution < 1.29 is 19.2 Å². The van der Waals surface area contributed by atoms with E-state index in [0.29, 0.717) is 43.9 Å². The molecule has 1 fully saturated rings. The van der Waals surface area contributed by atoms with E-state index >= 15 is 0 Å². The minimum atomic E-state index is -0.557. The zero-order chi connectivity index (χ0) is 22.7. The fourth-order valence-corrected chi connectivity index (χ4v) is 4.15. The molecule has 0 saturated carbocycles. The van der Waals surface area contributed by atoms with Crippen LogP contribution in [0.2, 0.25) is 0 Å². The Hall–Kier alpha value is -3.55. The Morgan fingerprint density at radius 3 is 2.44 bits per heavy atom. The van der Waals surface area contributed by atoms with E-state index in [1.54, 1.807) is 31.2 Å². The molecule has 32 heavy (non-hydrogen) atoms. The van der Waals surface area contributed by atoms with Crippen LogP contribution in [0.5, 0.6) is 0 Å². The average molecular weight is 434 g/mol.